The molecule has 1 amide bonds. The first kappa shape index (κ1) is 14.8. The Morgan fingerprint density at radius 2 is 1.95 bits per heavy atom. The molecule has 0 spiro atoms. The molecule has 2 rings (SSSR count). The van der Waals surface area contributed by atoms with Crippen LogP contribution in [0.1, 0.15) is 51.4 Å². The molecule has 1 unspecified atom stereocenters. The molecule has 19 heavy (non-hydrogen) atoms. The third-order valence-corrected chi connectivity index (χ3v) is 4.66. The number of carbonyl (C=O) groups excluding carboxylic acids is 1. The molecule has 4 heteroatoms. The molecule has 1 saturated carbocycles. The van der Waals surface area contributed by atoms with E-state index in [9.17, 15) is 9.90 Å². The van der Waals surface area contributed by atoms with Gasteiger partial charge in [0.05, 0.1) is 13.2 Å². The second-order valence-corrected chi connectivity index (χ2v) is 6.09. The molecule has 1 atom stereocenters. The third kappa shape index (κ3) is 4.77. The van der Waals surface area contributed by atoms with Crippen molar-refractivity contribution in [1.29, 1.82) is 0 Å². The maximum Gasteiger partial charge on any atom is 0.234 e. The molecule has 1 aliphatic heterocycles. The fraction of sp³-hybridized carbons (Fsp3) is 0.933. The predicted molar refractivity (Wildman–Crippen MR) is 75.9 cm³/mol. The molecule has 4 nitrogen and oxygen atoms in total. The molecule has 1 heterocycles. The van der Waals surface area contributed by atoms with Crippen molar-refractivity contribution in [1.82, 2.24) is 10.2 Å². The van der Waals surface area contributed by atoms with Crippen molar-refractivity contribution in [3.63, 3.8) is 0 Å². The number of aliphatic hydroxyl groups excluding tert-OH is 1. The van der Waals surface area contributed by atoms with E-state index < -0.39 is 0 Å². The van der Waals surface area contributed by atoms with Gasteiger partial charge in [0, 0.05) is 12.6 Å². The summed E-state index contributed by atoms with van der Waals surface area (Å²) >= 11 is 0. The van der Waals surface area contributed by atoms with Crippen LogP contribution in [-0.2, 0) is 4.79 Å². The summed E-state index contributed by atoms with van der Waals surface area (Å²) in [7, 11) is 0. The highest BCUT2D eigenvalue weighted by Gasteiger charge is 2.25. The largest absolute Gasteiger partial charge is 0.395 e. The molecule has 0 bridgehead atoms. The fourth-order valence-electron chi connectivity index (χ4n) is 3.44. The number of amides is 1. The van der Waals surface area contributed by atoms with Gasteiger partial charge in [0.2, 0.25) is 5.91 Å². The molecular formula is C15H28N2O2. The van der Waals surface area contributed by atoms with Crippen LogP contribution in [0, 0.1) is 5.92 Å². The van der Waals surface area contributed by atoms with E-state index in [0.717, 1.165) is 38.3 Å². The van der Waals surface area contributed by atoms with Crippen molar-refractivity contribution >= 4 is 5.91 Å². The van der Waals surface area contributed by atoms with E-state index in [4.69, 9.17) is 0 Å². The summed E-state index contributed by atoms with van der Waals surface area (Å²) in [4.78, 5) is 14.0. The molecule has 1 aliphatic carbocycles. The summed E-state index contributed by atoms with van der Waals surface area (Å²) in [6.07, 6.45) is 10.1. The molecule has 0 aromatic heterocycles. The zero-order valence-electron chi connectivity index (χ0n) is 11.9. The first-order valence-electron chi connectivity index (χ1n) is 7.91. The molecule has 0 aromatic rings. The van der Waals surface area contributed by atoms with Crippen LogP contribution in [-0.4, -0.2) is 48.2 Å². The summed E-state index contributed by atoms with van der Waals surface area (Å²) in [5, 5.41) is 12.3. The Labute approximate surface area is 116 Å². The minimum absolute atomic E-state index is 0.121. The summed E-state index contributed by atoms with van der Waals surface area (Å²) in [5.74, 6) is 0.946. The molecule has 2 aliphatic rings. The summed E-state index contributed by atoms with van der Waals surface area (Å²) in [5.41, 5.74) is 0. The number of hydrogen-bond acceptors (Lipinski definition) is 3. The monoisotopic (exact) mass is 268 g/mol. The lowest BCUT2D eigenvalue weighted by atomic mass is 9.87. The number of carbonyl (C=O) groups is 1. The number of likely N-dealkylation sites (tertiary alicyclic amines) is 1. The van der Waals surface area contributed by atoms with Gasteiger partial charge in [-0.05, 0) is 31.7 Å². The Bertz CT molecular complexity index is 277. The van der Waals surface area contributed by atoms with Gasteiger partial charge >= 0.3 is 0 Å². The standard InChI is InChI=1S/C15H28N2O2/c18-12-14-7-4-10-17(14)11-15(19)16-9-8-13-5-2-1-3-6-13/h13-14,18H,1-12H2,(H,16,19). The van der Waals surface area contributed by atoms with Crippen molar-refractivity contribution in [2.45, 2.75) is 57.4 Å². The van der Waals surface area contributed by atoms with E-state index in [1.54, 1.807) is 0 Å². The van der Waals surface area contributed by atoms with Gasteiger partial charge < -0.3 is 10.4 Å². The van der Waals surface area contributed by atoms with Crippen LogP contribution in [0.2, 0.25) is 0 Å². The van der Waals surface area contributed by atoms with Crippen molar-refractivity contribution < 1.29 is 9.90 Å². The Morgan fingerprint density at radius 1 is 1.16 bits per heavy atom. The second-order valence-electron chi connectivity index (χ2n) is 6.09. The zero-order chi connectivity index (χ0) is 13.5. The molecular weight excluding hydrogens is 240 g/mol. The average molecular weight is 268 g/mol. The molecule has 110 valence electrons. The van der Waals surface area contributed by atoms with Crippen LogP contribution in [0.25, 0.3) is 0 Å². The lowest BCUT2D eigenvalue weighted by Gasteiger charge is -2.23. The fourth-order valence-corrected chi connectivity index (χ4v) is 3.44. The van der Waals surface area contributed by atoms with Crippen LogP contribution in [0.5, 0.6) is 0 Å². The van der Waals surface area contributed by atoms with Gasteiger partial charge in [0.1, 0.15) is 0 Å². The normalized spacial score (nSPS) is 25.6. The highest BCUT2D eigenvalue weighted by molar-refractivity contribution is 5.78. The van der Waals surface area contributed by atoms with Crippen LogP contribution < -0.4 is 5.32 Å². The highest BCUT2D eigenvalue weighted by atomic mass is 16.3. The smallest absolute Gasteiger partial charge is 0.234 e. The minimum Gasteiger partial charge on any atom is -0.395 e. The number of hydrogen-bond donors (Lipinski definition) is 2. The average Bonchev–Trinajstić information content (AvgIpc) is 2.87. The Hall–Kier alpha value is -0.610. The lowest BCUT2D eigenvalue weighted by Crippen LogP contribution is -2.41. The van der Waals surface area contributed by atoms with Crippen molar-refractivity contribution in [2.24, 2.45) is 5.92 Å². The summed E-state index contributed by atoms with van der Waals surface area (Å²) < 4.78 is 0. The molecule has 2 N–H and O–H groups in total. The van der Waals surface area contributed by atoms with E-state index in [1.165, 1.54) is 32.1 Å². The van der Waals surface area contributed by atoms with E-state index in [-0.39, 0.29) is 18.6 Å². The van der Waals surface area contributed by atoms with E-state index in [2.05, 4.69) is 10.2 Å². The molecule has 1 saturated heterocycles. The van der Waals surface area contributed by atoms with Gasteiger partial charge in [0.25, 0.3) is 0 Å². The van der Waals surface area contributed by atoms with Crippen molar-refractivity contribution in [3.8, 4) is 0 Å². The van der Waals surface area contributed by atoms with Gasteiger partial charge in [0.15, 0.2) is 0 Å². The number of nitrogens with zero attached hydrogens (tertiary/aromatic N) is 1. The second kappa shape index (κ2) is 7.85. The predicted octanol–water partition coefficient (Wildman–Crippen LogP) is 1.53. The van der Waals surface area contributed by atoms with Crippen molar-refractivity contribution in [2.75, 3.05) is 26.2 Å². The Balaban J connectivity index is 1.59. The molecule has 0 radical (unpaired) electrons. The third-order valence-electron chi connectivity index (χ3n) is 4.66. The summed E-state index contributed by atoms with van der Waals surface area (Å²) in [6, 6.07) is 0.198. The van der Waals surface area contributed by atoms with E-state index in [0.29, 0.717) is 6.54 Å². The number of aliphatic hydroxyl groups is 1. The number of rotatable bonds is 6. The van der Waals surface area contributed by atoms with E-state index in [1.807, 2.05) is 0 Å². The van der Waals surface area contributed by atoms with Gasteiger partial charge in [-0.25, -0.2) is 0 Å². The first-order chi connectivity index (χ1) is 9.29. The maximum absolute atomic E-state index is 11.9. The van der Waals surface area contributed by atoms with Crippen LogP contribution in [0.3, 0.4) is 0 Å². The highest BCUT2D eigenvalue weighted by Crippen LogP contribution is 2.25. The SMILES string of the molecule is O=C(CN1CCCC1CO)NCCC1CCCCC1. The van der Waals surface area contributed by atoms with Crippen molar-refractivity contribution in [3.05, 3.63) is 0 Å². The van der Waals surface area contributed by atoms with Crippen LogP contribution in [0.15, 0.2) is 0 Å². The lowest BCUT2D eigenvalue weighted by molar-refractivity contribution is -0.122. The zero-order valence-corrected chi connectivity index (χ0v) is 11.9. The molecule has 0 aromatic carbocycles. The van der Waals surface area contributed by atoms with Crippen LogP contribution >= 0.6 is 0 Å². The quantitative estimate of drug-likeness (QED) is 0.768. The van der Waals surface area contributed by atoms with Gasteiger partial charge in [-0.3, -0.25) is 9.69 Å². The van der Waals surface area contributed by atoms with Gasteiger partial charge in [-0.1, -0.05) is 32.1 Å². The Kier molecular flexibility index (Phi) is 6.11. The molecule has 2 fully saturated rings. The first-order valence-corrected chi connectivity index (χ1v) is 7.91. The van der Waals surface area contributed by atoms with Crippen LogP contribution in [0.4, 0.5) is 0 Å². The number of nitrogens with one attached hydrogen (secondary N) is 1. The summed E-state index contributed by atoms with van der Waals surface area (Å²) in [6.45, 7) is 2.40. The maximum atomic E-state index is 11.9. The van der Waals surface area contributed by atoms with Gasteiger partial charge in [-0.15, -0.1) is 0 Å². The topological polar surface area (TPSA) is 52.6 Å². The Morgan fingerprint density at radius 3 is 2.68 bits per heavy atom. The van der Waals surface area contributed by atoms with E-state index >= 15 is 0 Å². The van der Waals surface area contributed by atoms with Gasteiger partial charge in [-0.2, -0.15) is 0 Å². The minimum atomic E-state index is 0.121.